The molecule has 1 aromatic rings. The molecule has 1 atom stereocenters. The van der Waals surface area contributed by atoms with Crippen LogP contribution in [0.1, 0.15) is 37.2 Å². The van der Waals surface area contributed by atoms with Crippen molar-refractivity contribution in [2.75, 3.05) is 13.1 Å². The number of aliphatic hydroxyl groups is 1. The van der Waals surface area contributed by atoms with Crippen LogP contribution in [0.15, 0.2) is 17.5 Å². The van der Waals surface area contributed by atoms with Crippen LogP contribution in [0.25, 0.3) is 0 Å². The second kappa shape index (κ2) is 4.64. The third-order valence-corrected chi connectivity index (χ3v) is 4.39. The Hall–Kier alpha value is -0.380. The summed E-state index contributed by atoms with van der Waals surface area (Å²) in [6, 6.07) is 3.97. The minimum absolute atomic E-state index is 0.336. The monoisotopic (exact) mass is 225 g/mol. The van der Waals surface area contributed by atoms with E-state index in [2.05, 4.69) is 12.2 Å². The van der Waals surface area contributed by atoms with Crippen LogP contribution < -0.4 is 5.32 Å². The van der Waals surface area contributed by atoms with Crippen LogP contribution in [0.2, 0.25) is 0 Å². The maximum absolute atomic E-state index is 9.85. The van der Waals surface area contributed by atoms with E-state index in [0.717, 1.165) is 11.4 Å². The Morgan fingerprint density at radius 1 is 1.60 bits per heavy atom. The number of hydrogen-bond acceptors (Lipinski definition) is 3. The topological polar surface area (TPSA) is 32.3 Å². The molecule has 2 N–H and O–H groups in total. The lowest BCUT2D eigenvalue weighted by molar-refractivity contribution is 0.175. The van der Waals surface area contributed by atoms with Gasteiger partial charge in [0.15, 0.2) is 0 Å². The van der Waals surface area contributed by atoms with Crippen LogP contribution in [-0.2, 0) is 0 Å². The first-order valence-corrected chi connectivity index (χ1v) is 6.56. The Kier molecular flexibility index (Phi) is 3.44. The Balaban J connectivity index is 1.70. The van der Waals surface area contributed by atoms with E-state index in [4.69, 9.17) is 0 Å². The molecule has 0 amide bonds. The molecule has 2 nitrogen and oxygen atoms in total. The van der Waals surface area contributed by atoms with E-state index in [1.807, 2.05) is 17.5 Å². The van der Waals surface area contributed by atoms with E-state index in [-0.39, 0.29) is 6.10 Å². The van der Waals surface area contributed by atoms with Gasteiger partial charge in [0.05, 0.1) is 0 Å². The Labute approximate surface area is 95.3 Å². The molecule has 84 valence electrons. The first-order valence-electron chi connectivity index (χ1n) is 5.68. The van der Waals surface area contributed by atoms with Crippen molar-refractivity contribution in [3.05, 3.63) is 22.4 Å². The minimum Gasteiger partial charge on any atom is -0.386 e. The third kappa shape index (κ3) is 2.80. The van der Waals surface area contributed by atoms with Crippen molar-refractivity contribution in [2.45, 2.75) is 32.3 Å². The molecule has 0 radical (unpaired) electrons. The highest BCUT2D eigenvalue weighted by atomic mass is 32.1. The molecular weight excluding hydrogens is 206 g/mol. The van der Waals surface area contributed by atoms with Crippen LogP contribution in [0.4, 0.5) is 0 Å². The molecule has 0 aliphatic heterocycles. The highest BCUT2D eigenvalue weighted by Gasteiger charge is 2.39. The molecule has 1 fully saturated rings. The molecule has 1 aliphatic carbocycles. The largest absolute Gasteiger partial charge is 0.386 e. The maximum atomic E-state index is 9.85. The lowest BCUT2D eigenvalue weighted by atomic mass is 10.0. The molecule has 3 heteroatoms. The van der Waals surface area contributed by atoms with Gasteiger partial charge < -0.3 is 10.4 Å². The van der Waals surface area contributed by atoms with Gasteiger partial charge in [-0.15, -0.1) is 11.3 Å². The molecule has 1 aromatic heterocycles. The van der Waals surface area contributed by atoms with E-state index in [0.29, 0.717) is 12.0 Å². The Morgan fingerprint density at radius 2 is 2.40 bits per heavy atom. The van der Waals surface area contributed by atoms with E-state index >= 15 is 0 Å². The second-order valence-corrected chi connectivity index (χ2v) is 5.49. The second-order valence-electron chi connectivity index (χ2n) is 4.52. The molecule has 15 heavy (non-hydrogen) atoms. The maximum Gasteiger partial charge on any atom is 0.101 e. The summed E-state index contributed by atoms with van der Waals surface area (Å²) in [5.74, 6) is 0. The van der Waals surface area contributed by atoms with E-state index in [9.17, 15) is 5.11 Å². The molecule has 0 saturated heterocycles. The van der Waals surface area contributed by atoms with Crippen LogP contribution >= 0.6 is 11.3 Å². The van der Waals surface area contributed by atoms with Crippen LogP contribution in [0.5, 0.6) is 0 Å². The zero-order chi connectivity index (χ0) is 10.7. The first-order chi connectivity index (χ1) is 7.26. The Morgan fingerprint density at radius 3 is 2.93 bits per heavy atom. The summed E-state index contributed by atoms with van der Waals surface area (Å²) in [6.45, 7) is 4.00. The lowest BCUT2D eigenvalue weighted by Gasteiger charge is -2.15. The molecule has 0 spiro atoms. The minimum atomic E-state index is -0.336. The van der Waals surface area contributed by atoms with Gasteiger partial charge in [0, 0.05) is 18.0 Å². The number of nitrogens with one attached hydrogen (secondary N) is 1. The molecule has 1 saturated carbocycles. The van der Waals surface area contributed by atoms with Crippen LogP contribution in [0, 0.1) is 5.41 Å². The first kappa shape index (κ1) is 11.1. The average molecular weight is 225 g/mol. The van der Waals surface area contributed by atoms with Gasteiger partial charge in [0.25, 0.3) is 0 Å². The zero-order valence-corrected chi connectivity index (χ0v) is 10.0. The van der Waals surface area contributed by atoms with Crippen molar-refractivity contribution in [3.8, 4) is 0 Å². The van der Waals surface area contributed by atoms with Crippen molar-refractivity contribution in [2.24, 2.45) is 5.41 Å². The van der Waals surface area contributed by atoms with Crippen LogP contribution in [-0.4, -0.2) is 18.2 Å². The van der Waals surface area contributed by atoms with E-state index in [1.165, 1.54) is 19.3 Å². The lowest BCUT2D eigenvalue weighted by Crippen LogP contribution is -2.27. The van der Waals surface area contributed by atoms with Gasteiger partial charge in [0.2, 0.25) is 0 Å². The van der Waals surface area contributed by atoms with Gasteiger partial charge >= 0.3 is 0 Å². The fourth-order valence-corrected chi connectivity index (χ4v) is 2.60. The predicted molar refractivity (Wildman–Crippen MR) is 64.1 cm³/mol. The van der Waals surface area contributed by atoms with Crippen LogP contribution in [0.3, 0.4) is 0 Å². The summed E-state index contributed by atoms with van der Waals surface area (Å²) in [5.41, 5.74) is 0.565. The van der Waals surface area contributed by atoms with Crippen molar-refractivity contribution < 1.29 is 5.11 Å². The summed E-state index contributed by atoms with van der Waals surface area (Å²) in [6.07, 6.45) is 3.63. The molecule has 1 unspecified atom stereocenters. The van der Waals surface area contributed by atoms with Crippen molar-refractivity contribution in [1.82, 2.24) is 5.32 Å². The highest BCUT2D eigenvalue weighted by Crippen LogP contribution is 2.47. The smallest absolute Gasteiger partial charge is 0.101 e. The summed E-state index contributed by atoms with van der Waals surface area (Å²) in [7, 11) is 0. The van der Waals surface area contributed by atoms with Gasteiger partial charge in [-0.2, -0.15) is 0 Å². The Bertz CT molecular complexity index is 293. The third-order valence-electron chi connectivity index (χ3n) is 3.42. The molecule has 2 rings (SSSR count). The zero-order valence-electron chi connectivity index (χ0n) is 9.20. The molecule has 1 aliphatic rings. The molecule has 1 heterocycles. The van der Waals surface area contributed by atoms with Crippen molar-refractivity contribution >= 4 is 11.3 Å². The number of rotatable bonds is 6. The van der Waals surface area contributed by atoms with E-state index < -0.39 is 0 Å². The standard InChI is InChI=1S/C12H19NOS/c1-2-12(5-6-12)9-13-8-10(14)11-4-3-7-15-11/h3-4,7,10,13-14H,2,5-6,8-9H2,1H3. The SMILES string of the molecule is CCC1(CNCC(O)c2cccs2)CC1. The normalized spacial score (nSPS) is 20.1. The van der Waals surface area contributed by atoms with Gasteiger partial charge in [0.1, 0.15) is 6.10 Å². The fourth-order valence-electron chi connectivity index (χ4n) is 1.89. The van der Waals surface area contributed by atoms with Gasteiger partial charge in [-0.1, -0.05) is 13.0 Å². The van der Waals surface area contributed by atoms with Gasteiger partial charge in [-0.05, 0) is 36.1 Å². The number of thiophene rings is 1. The van der Waals surface area contributed by atoms with Crippen molar-refractivity contribution in [1.29, 1.82) is 0 Å². The fraction of sp³-hybridized carbons (Fsp3) is 0.667. The quantitative estimate of drug-likeness (QED) is 0.780. The summed E-state index contributed by atoms with van der Waals surface area (Å²) in [5, 5.41) is 15.2. The van der Waals surface area contributed by atoms with Gasteiger partial charge in [-0.25, -0.2) is 0 Å². The average Bonchev–Trinajstić information content (AvgIpc) is 2.81. The van der Waals surface area contributed by atoms with Gasteiger partial charge in [-0.3, -0.25) is 0 Å². The molecule has 0 aromatic carbocycles. The predicted octanol–water partition coefficient (Wildman–Crippen LogP) is 2.56. The number of hydrogen-bond donors (Lipinski definition) is 2. The highest BCUT2D eigenvalue weighted by molar-refractivity contribution is 7.10. The van der Waals surface area contributed by atoms with E-state index in [1.54, 1.807) is 11.3 Å². The summed E-state index contributed by atoms with van der Waals surface area (Å²) >= 11 is 1.62. The number of aliphatic hydroxyl groups excluding tert-OH is 1. The molecule has 0 bridgehead atoms. The summed E-state index contributed by atoms with van der Waals surface area (Å²) in [4.78, 5) is 1.06. The van der Waals surface area contributed by atoms with Crippen molar-refractivity contribution in [3.63, 3.8) is 0 Å². The molecular formula is C12H19NOS. The summed E-state index contributed by atoms with van der Waals surface area (Å²) < 4.78 is 0.